The van der Waals surface area contributed by atoms with Crippen molar-refractivity contribution in [2.75, 3.05) is 0 Å². The lowest BCUT2D eigenvalue weighted by atomic mass is 9.96. The van der Waals surface area contributed by atoms with Crippen molar-refractivity contribution in [3.8, 4) is 0 Å². The number of fused-ring (bicyclic) bond motifs is 1. The molecule has 20 heavy (non-hydrogen) atoms. The van der Waals surface area contributed by atoms with Gasteiger partial charge in [-0.25, -0.2) is 9.67 Å². The van der Waals surface area contributed by atoms with E-state index in [0.717, 1.165) is 18.2 Å². The molecule has 0 aliphatic heterocycles. The number of aromatic nitrogens is 3. The molecule has 2 saturated carbocycles. The first kappa shape index (κ1) is 12.3. The summed E-state index contributed by atoms with van der Waals surface area (Å²) in [6.07, 6.45) is 13.2. The zero-order chi connectivity index (χ0) is 13.4. The van der Waals surface area contributed by atoms with Crippen LogP contribution in [-0.2, 0) is 6.54 Å². The molecular formula is C16H22N4. The fourth-order valence-corrected chi connectivity index (χ4v) is 3.22. The van der Waals surface area contributed by atoms with Gasteiger partial charge in [0, 0.05) is 24.2 Å². The highest BCUT2D eigenvalue weighted by Crippen LogP contribution is 2.30. The van der Waals surface area contributed by atoms with Crippen molar-refractivity contribution < 1.29 is 0 Å². The topological polar surface area (TPSA) is 42.7 Å². The molecule has 2 heterocycles. The highest BCUT2D eigenvalue weighted by molar-refractivity contribution is 5.75. The van der Waals surface area contributed by atoms with Gasteiger partial charge in [0.15, 0.2) is 5.65 Å². The fourth-order valence-electron chi connectivity index (χ4n) is 3.22. The standard InChI is InChI=1S/C16H22N4/c1-2-4-15(5-3-1)20-16-13(11-19-20)8-12(10-18-16)9-17-14-6-7-14/h8,10-11,14-15,17H,1-7,9H2. The van der Waals surface area contributed by atoms with Gasteiger partial charge in [0.05, 0.1) is 12.2 Å². The van der Waals surface area contributed by atoms with Gasteiger partial charge >= 0.3 is 0 Å². The van der Waals surface area contributed by atoms with Crippen LogP contribution < -0.4 is 5.32 Å². The molecule has 2 aliphatic carbocycles. The van der Waals surface area contributed by atoms with E-state index in [1.807, 2.05) is 12.4 Å². The van der Waals surface area contributed by atoms with Crippen molar-refractivity contribution in [3.05, 3.63) is 24.0 Å². The SMILES string of the molecule is c1nc2c(cnn2C2CCCCC2)cc1CNC1CC1. The molecule has 0 aromatic carbocycles. The summed E-state index contributed by atoms with van der Waals surface area (Å²) in [4.78, 5) is 4.68. The Labute approximate surface area is 119 Å². The summed E-state index contributed by atoms with van der Waals surface area (Å²) in [5, 5.41) is 9.33. The quantitative estimate of drug-likeness (QED) is 0.927. The molecule has 0 unspecified atom stereocenters. The van der Waals surface area contributed by atoms with Crippen molar-refractivity contribution in [3.63, 3.8) is 0 Å². The molecule has 1 N–H and O–H groups in total. The van der Waals surface area contributed by atoms with Gasteiger partial charge in [-0.1, -0.05) is 19.3 Å². The predicted molar refractivity (Wildman–Crippen MR) is 79.5 cm³/mol. The Hall–Kier alpha value is -1.42. The van der Waals surface area contributed by atoms with Crippen LogP contribution in [0.2, 0.25) is 0 Å². The van der Waals surface area contributed by atoms with Gasteiger partial charge in [-0.05, 0) is 37.3 Å². The first-order valence-corrected chi connectivity index (χ1v) is 7.96. The van der Waals surface area contributed by atoms with E-state index in [1.165, 1.54) is 55.9 Å². The summed E-state index contributed by atoms with van der Waals surface area (Å²) in [5.41, 5.74) is 2.33. The summed E-state index contributed by atoms with van der Waals surface area (Å²) in [6.45, 7) is 0.933. The summed E-state index contributed by atoms with van der Waals surface area (Å²) in [7, 11) is 0. The number of nitrogens with zero attached hydrogens (tertiary/aromatic N) is 3. The molecule has 2 aromatic heterocycles. The predicted octanol–water partition coefficient (Wildman–Crippen LogP) is 3.19. The van der Waals surface area contributed by atoms with E-state index < -0.39 is 0 Å². The molecule has 0 bridgehead atoms. The lowest BCUT2D eigenvalue weighted by Gasteiger charge is -2.22. The normalized spacial score (nSPS) is 20.6. The number of pyridine rings is 1. The molecule has 4 heteroatoms. The van der Waals surface area contributed by atoms with E-state index >= 15 is 0 Å². The van der Waals surface area contributed by atoms with Gasteiger partial charge in [-0.2, -0.15) is 5.10 Å². The Kier molecular flexibility index (Phi) is 3.19. The van der Waals surface area contributed by atoms with E-state index in [1.54, 1.807) is 0 Å². The second-order valence-corrected chi connectivity index (χ2v) is 6.29. The summed E-state index contributed by atoms with van der Waals surface area (Å²) >= 11 is 0. The molecule has 4 rings (SSSR count). The lowest BCUT2D eigenvalue weighted by molar-refractivity contribution is 0.336. The highest BCUT2D eigenvalue weighted by atomic mass is 15.3. The Morgan fingerprint density at radius 2 is 1.95 bits per heavy atom. The minimum absolute atomic E-state index is 0.559. The van der Waals surface area contributed by atoms with Crippen molar-refractivity contribution >= 4 is 11.0 Å². The van der Waals surface area contributed by atoms with E-state index in [2.05, 4.69) is 26.1 Å². The molecule has 0 amide bonds. The molecule has 2 fully saturated rings. The number of hydrogen-bond donors (Lipinski definition) is 1. The van der Waals surface area contributed by atoms with Crippen LogP contribution in [0.15, 0.2) is 18.5 Å². The Bertz CT molecular complexity index is 594. The van der Waals surface area contributed by atoms with E-state index in [9.17, 15) is 0 Å². The van der Waals surface area contributed by atoms with Crippen LogP contribution in [0, 0.1) is 0 Å². The van der Waals surface area contributed by atoms with Crippen LogP contribution in [0.4, 0.5) is 0 Å². The molecule has 4 nitrogen and oxygen atoms in total. The largest absolute Gasteiger partial charge is 0.310 e. The Morgan fingerprint density at radius 3 is 2.75 bits per heavy atom. The first-order chi connectivity index (χ1) is 9.90. The minimum Gasteiger partial charge on any atom is -0.310 e. The molecule has 0 radical (unpaired) electrons. The highest BCUT2D eigenvalue weighted by Gasteiger charge is 2.21. The van der Waals surface area contributed by atoms with Crippen LogP contribution in [0.3, 0.4) is 0 Å². The van der Waals surface area contributed by atoms with Crippen molar-refractivity contribution in [1.82, 2.24) is 20.1 Å². The van der Waals surface area contributed by atoms with Crippen molar-refractivity contribution in [1.29, 1.82) is 0 Å². The van der Waals surface area contributed by atoms with E-state index in [0.29, 0.717) is 6.04 Å². The third-order valence-corrected chi connectivity index (χ3v) is 4.58. The summed E-state index contributed by atoms with van der Waals surface area (Å²) in [5.74, 6) is 0. The summed E-state index contributed by atoms with van der Waals surface area (Å²) < 4.78 is 2.16. The lowest BCUT2D eigenvalue weighted by Crippen LogP contribution is -2.16. The molecule has 106 valence electrons. The van der Waals surface area contributed by atoms with Crippen LogP contribution in [0.5, 0.6) is 0 Å². The van der Waals surface area contributed by atoms with Gasteiger partial charge in [-0.3, -0.25) is 0 Å². The number of rotatable bonds is 4. The van der Waals surface area contributed by atoms with Crippen LogP contribution in [0.1, 0.15) is 56.6 Å². The third-order valence-electron chi connectivity index (χ3n) is 4.58. The van der Waals surface area contributed by atoms with Crippen LogP contribution in [0.25, 0.3) is 11.0 Å². The molecule has 0 atom stereocenters. The second kappa shape index (κ2) is 5.17. The van der Waals surface area contributed by atoms with E-state index in [4.69, 9.17) is 0 Å². The zero-order valence-corrected chi connectivity index (χ0v) is 11.9. The minimum atomic E-state index is 0.559. The van der Waals surface area contributed by atoms with Gasteiger partial charge in [-0.15, -0.1) is 0 Å². The molecular weight excluding hydrogens is 248 g/mol. The maximum absolute atomic E-state index is 4.68. The number of hydrogen-bond acceptors (Lipinski definition) is 3. The number of nitrogens with one attached hydrogen (secondary N) is 1. The van der Waals surface area contributed by atoms with Crippen LogP contribution in [-0.4, -0.2) is 20.8 Å². The molecule has 2 aromatic rings. The molecule has 2 aliphatic rings. The Balaban J connectivity index is 1.56. The molecule has 0 spiro atoms. The second-order valence-electron chi connectivity index (χ2n) is 6.29. The van der Waals surface area contributed by atoms with Gasteiger partial charge in [0.2, 0.25) is 0 Å². The van der Waals surface area contributed by atoms with Crippen LogP contribution >= 0.6 is 0 Å². The van der Waals surface area contributed by atoms with Gasteiger partial charge in [0.1, 0.15) is 0 Å². The van der Waals surface area contributed by atoms with Crippen molar-refractivity contribution in [2.45, 2.75) is 63.6 Å². The van der Waals surface area contributed by atoms with Gasteiger partial charge in [0.25, 0.3) is 0 Å². The fraction of sp³-hybridized carbons (Fsp3) is 0.625. The third kappa shape index (κ3) is 2.44. The van der Waals surface area contributed by atoms with Gasteiger partial charge < -0.3 is 5.32 Å². The first-order valence-electron chi connectivity index (χ1n) is 7.96. The maximum Gasteiger partial charge on any atom is 0.157 e. The zero-order valence-electron chi connectivity index (χ0n) is 11.9. The molecule has 0 saturated heterocycles. The smallest absolute Gasteiger partial charge is 0.157 e. The monoisotopic (exact) mass is 270 g/mol. The average Bonchev–Trinajstić information content (AvgIpc) is 3.24. The Morgan fingerprint density at radius 1 is 1.10 bits per heavy atom. The summed E-state index contributed by atoms with van der Waals surface area (Å²) in [6, 6.07) is 3.55. The average molecular weight is 270 g/mol. The van der Waals surface area contributed by atoms with Crippen molar-refractivity contribution in [2.24, 2.45) is 0 Å². The maximum atomic E-state index is 4.68. The van der Waals surface area contributed by atoms with E-state index in [-0.39, 0.29) is 0 Å².